The first-order valence-electron chi connectivity index (χ1n) is 5.80. The van der Waals surface area contributed by atoms with E-state index in [1.54, 1.807) is 6.92 Å². The van der Waals surface area contributed by atoms with Crippen molar-refractivity contribution in [2.75, 3.05) is 27.7 Å². The van der Waals surface area contributed by atoms with Gasteiger partial charge >= 0.3 is 6.03 Å². The van der Waals surface area contributed by atoms with Crippen LogP contribution >= 0.6 is 0 Å². The van der Waals surface area contributed by atoms with E-state index in [9.17, 15) is 9.59 Å². The van der Waals surface area contributed by atoms with Gasteiger partial charge in [-0.1, -0.05) is 0 Å². The zero-order valence-electron chi connectivity index (χ0n) is 11.3. The molecule has 17 heavy (non-hydrogen) atoms. The quantitative estimate of drug-likeness (QED) is 0.603. The molecule has 0 radical (unpaired) electrons. The first kappa shape index (κ1) is 15.9. The van der Waals surface area contributed by atoms with Crippen molar-refractivity contribution in [3.8, 4) is 0 Å². The Morgan fingerprint density at radius 2 is 1.82 bits per heavy atom. The van der Waals surface area contributed by atoms with E-state index in [-0.39, 0.29) is 18.0 Å². The van der Waals surface area contributed by atoms with Gasteiger partial charge in [-0.25, -0.2) is 4.79 Å². The van der Waals surface area contributed by atoms with E-state index in [1.807, 2.05) is 21.0 Å². The number of hydrogen-bond donors (Lipinski definition) is 3. The number of amides is 3. The third kappa shape index (κ3) is 7.70. The fraction of sp³-hybridized carbons (Fsp3) is 0.818. The molecule has 0 bridgehead atoms. The molecule has 0 spiro atoms. The molecular formula is C11H24N4O2. The number of imide groups is 1. The monoisotopic (exact) mass is 244 g/mol. The average molecular weight is 244 g/mol. The van der Waals surface area contributed by atoms with Crippen LogP contribution in [-0.2, 0) is 4.79 Å². The van der Waals surface area contributed by atoms with E-state index in [1.165, 1.54) is 7.05 Å². The number of carbonyl (C=O) groups is 2. The smallest absolute Gasteiger partial charge is 0.321 e. The molecular weight excluding hydrogens is 220 g/mol. The number of carbonyl (C=O) groups excluding carboxylic acids is 2. The Bertz CT molecular complexity index is 256. The molecule has 0 aliphatic heterocycles. The summed E-state index contributed by atoms with van der Waals surface area (Å²) < 4.78 is 0. The van der Waals surface area contributed by atoms with Crippen LogP contribution < -0.4 is 16.0 Å². The Hall–Kier alpha value is -1.14. The third-order valence-electron chi connectivity index (χ3n) is 2.40. The van der Waals surface area contributed by atoms with Gasteiger partial charge in [0.05, 0.1) is 6.04 Å². The lowest BCUT2D eigenvalue weighted by atomic mass is 10.2. The lowest BCUT2D eigenvalue weighted by Gasteiger charge is -2.20. The van der Waals surface area contributed by atoms with Gasteiger partial charge in [0.1, 0.15) is 0 Å². The topological polar surface area (TPSA) is 73.5 Å². The number of urea groups is 1. The summed E-state index contributed by atoms with van der Waals surface area (Å²) in [6.07, 6.45) is 0.949. The molecule has 0 fully saturated rings. The number of rotatable bonds is 6. The Morgan fingerprint density at radius 1 is 1.24 bits per heavy atom. The predicted molar refractivity (Wildman–Crippen MR) is 67.8 cm³/mol. The molecule has 0 saturated heterocycles. The molecule has 0 aromatic carbocycles. The van der Waals surface area contributed by atoms with Crippen LogP contribution in [0, 0.1) is 0 Å². The molecule has 0 rings (SSSR count). The normalized spacial score (nSPS) is 14.2. The standard InChI is InChI=1S/C11H24N4O2/c1-8(6-7-15(4)5)13-9(2)10(16)14-11(17)12-3/h8-9,13H,6-7H2,1-5H3,(H2,12,14,16,17). The minimum absolute atomic E-state index is 0.225. The summed E-state index contributed by atoms with van der Waals surface area (Å²) in [4.78, 5) is 24.6. The fourth-order valence-corrected chi connectivity index (χ4v) is 1.32. The highest BCUT2D eigenvalue weighted by Gasteiger charge is 2.16. The molecule has 3 amide bonds. The van der Waals surface area contributed by atoms with Gasteiger partial charge in [0.15, 0.2) is 0 Å². The second kappa shape index (κ2) is 8.03. The van der Waals surface area contributed by atoms with Gasteiger partial charge in [-0.3, -0.25) is 10.1 Å². The van der Waals surface area contributed by atoms with Crippen LogP contribution in [0.25, 0.3) is 0 Å². The molecule has 0 aliphatic carbocycles. The highest BCUT2D eigenvalue weighted by Crippen LogP contribution is 1.95. The van der Waals surface area contributed by atoms with Crippen molar-refractivity contribution in [1.82, 2.24) is 20.9 Å². The van der Waals surface area contributed by atoms with Crippen molar-refractivity contribution in [3.05, 3.63) is 0 Å². The van der Waals surface area contributed by atoms with Gasteiger partial charge in [-0.2, -0.15) is 0 Å². The fourth-order valence-electron chi connectivity index (χ4n) is 1.32. The highest BCUT2D eigenvalue weighted by molar-refractivity contribution is 5.96. The maximum atomic E-state index is 11.5. The lowest BCUT2D eigenvalue weighted by Crippen LogP contribution is -2.49. The largest absolute Gasteiger partial charge is 0.341 e. The van der Waals surface area contributed by atoms with E-state index in [2.05, 4.69) is 20.9 Å². The zero-order chi connectivity index (χ0) is 13.4. The average Bonchev–Trinajstić information content (AvgIpc) is 2.25. The molecule has 0 saturated carbocycles. The van der Waals surface area contributed by atoms with Gasteiger partial charge in [-0.15, -0.1) is 0 Å². The van der Waals surface area contributed by atoms with Crippen LogP contribution in [-0.4, -0.2) is 56.6 Å². The Balaban J connectivity index is 3.94. The van der Waals surface area contributed by atoms with Crippen molar-refractivity contribution >= 4 is 11.9 Å². The predicted octanol–water partition coefficient (Wildman–Crippen LogP) is -0.240. The molecule has 0 aromatic rings. The first-order chi connectivity index (χ1) is 7.86. The minimum atomic E-state index is -0.482. The Morgan fingerprint density at radius 3 is 2.29 bits per heavy atom. The van der Waals surface area contributed by atoms with Gasteiger partial charge in [0, 0.05) is 13.1 Å². The molecule has 2 unspecified atom stereocenters. The Labute approximate surface area is 103 Å². The van der Waals surface area contributed by atoms with Gasteiger partial charge < -0.3 is 15.5 Å². The summed E-state index contributed by atoms with van der Waals surface area (Å²) in [5.74, 6) is -0.318. The van der Waals surface area contributed by atoms with Crippen molar-refractivity contribution in [2.45, 2.75) is 32.4 Å². The zero-order valence-corrected chi connectivity index (χ0v) is 11.3. The molecule has 3 N–H and O–H groups in total. The van der Waals surface area contributed by atoms with E-state index in [4.69, 9.17) is 0 Å². The van der Waals surface area contributed by atoms with Gasteiger partial charge in [-0.05, 0) is 40.9 Å². The summed E-state index contributed by atoms with van der Waals surface area (Å²) in [7, 11) is 5.49. The second-order valence-corrected chi connectivity index (χ2v) is 4.45. The van der Waals surface area contributed by atoms with Crippen LogP contribution in [0.1, 0.15) is 20.3 Å². The summed E-state index contributed by atoms with van der Waals surface area (Å²) in [6.45, 7) is 4.72. The molecule has 0 heterocycles. The molecule has 6 nitrogen and oxygen atoms in total. The summed E-state index contributed by atoms with van der Waals surface area (Å²) in [5.41, 5.74) is 0. The van der Waals surface area contributed by atoms with Gasteiger partial charge in [0.2, 0.25) is 5.91 Å². The van der Waals surface area contributed by atoms with Crippen LogP contribution in [0.3, 0.4) is 0 Å². The molecule has 2 atom stereocenters. The van der Waals surface area contributed by atoms with E-state index in [0.29, 0.717) is 0 Å². The van der Waals surface area contributed by atoms with Crippen LogP contribution in [0.5, 0.6) is 0 Å². The van der Waals surface area contributed by atoms with Crippen molar-refractivity contribution in [1.29, 1.82) is 0 Å². The van der Waals surface area contributed by atoms with E-state index >= 15 is 0 Å². The van der Waals surface area contributed by atoms with Crippen LogP contribution in [0.4, 0.5) is 4.79 Å². The molecule has 0 aliphatic rings. The molecule has 0 aromatic heterocycles. The molecule has 6 heteroatoms. The Kier molecular flexibility index (Phi) is 7.49. The molecule has 100 valence electrons. The summed E-state index contributed by atoms with van der Waals surface area (Å²) in [5, 5.41) is 7.72. The number of nitrogens with one attached hydrogen (secondary N) is 3. The first-order valence-corrected chi connectivity index (χ1v) is 5.80. The minimum Gasteiger partial charge on any atom is -0.341 e. The maximum Gasteiger partial charge on any atom is 0.321 e. The van der Waals surface area contributed by atoms with Crippen molar-refractivity contribution in [2.24, 2.45) is 0 Å². The number of nitrogens with zero attached hydrogens (tertiary/aromatic N) is 1. The van der Waals surface area contributed by atoms with E-state index in [0.717, 1.165) is 13.0 Å². The summed E-state index contributed by atoms with van der Waals surface area (Å²) in [6, 6.07) is -0.642. The van der Waals surface area contributed by atoms with E-state index < -0.39 is 6.03 Å². The maximum absolute atomic E-state index is 11.5. The highest BCUT2D eigenvalue weighted by atomic mass is 16.2. The third-order valence-corrected chi connectivity index (χ3v) is 2.40. The van der Waals surface area contributed by atoms with Crippen molar-refractivity contribution < 1.29 is 9.59 Å². The SMILES string of the molecule is CNC(=O)NC(=O)C(C)NC(C)CCN(C)C. The lowest BCUT2D eigenvalue weighted by molar-refractivity contribution is -0.121. The summed E-state index contributed by atoms with van der Waals surface area (Å²) >= 11 is 0. The van der Waals surface area contributed by atoms with Crippen molar-refractivity contribution in [3.63, 3.8) is 0 Å². The number of hydrogen-bond acceptors (Lipinski definition) is 4. The second-order valence-electron chi connectivity index (χ2n) is 4.45. The van der Waals surface area contributed by atoms with Crippen LogP contribution in [0.2, 0.25) is 0 Å². The van der Waals surface area contributed by atoms with Crippen LogP contribution in [0.15, 0.2) is 0 Å². The van der Waals surface area contributed by atoms with Gasteiger partial charge in [0.25, 0.3) is 0 Å².